The quantitative estimate of drug-likeness (QED) is 0.760. The minimum absolute atomic E-state index is 0.341. The Kier molecular flexibility index (Phi) is 2.68. The summed E-state index contributed by atoms with van der Waals surface area (Å²) >= 11 is 0. The molecule has 0 aliphatic carbocycles. The average Bonchev–Trinajstić information content (AvgIpc) is 2.82. The molecular formula is C13H10FN5. The molecule has 0 amide bonds. The molecule has 3 aromatic rings. The van der Waals surface area contributed by atoms with Crippen LogP contribution in [0.3, 0.4) is 0 Å². The second-order valence-electron chi connectivity index (χ2n) is 3.91. The largest absolute Gasteiger partial charge is 0.384 e. The van der Waals surface area contributed by atoms with Gasteiger partial charge in [-0.2, -0.15) is 9.78 Å². The van der Waals surface area contributed by atoms with E-state index < -0.39 is 0 Å². The summed E-state index contributed by atoms with van der Waals surface area (Å²) < 4.78 is 15.1. The zero-order valence-electron chi connectivity index (χ0n) is 9.86. The Morgan fingerprint density at radius 3 is 2.74 bits per heavy atom. The highest BCUT2D eigenvalue weighted by molar-refractivity contribution is 5.63. The fraction of sp³-hybridized carbons (Fsp3) is 0. The average molecular weight is 255 g/mol. The summed E-state index contributed by atoms with van der Waals surface area (Å²) in [7, 11) is 0. The predicted octanol–water partition coefficient (Wildman–Crippen LogP) is 2.05. The van der Waals surface area contributed by atoms with E-state index in [1.54, 1.807) is 36.7 Å². The molecule has 19 heavy (non-hydrogen) atoms. The van der Waals surface area contributed by atoms with Crippen LogP contribution in [0, 0.1) is 5.82 Å². The molecule has 0 saturated carbocycles. The summed E-state index contributed by atoms with van der Waals surface area (Å²) in [4.78, 5) is 8.05. The normalized spacial score (nSPS) is 10.6. The molecule has 0 saturated heterocycles. The molecule has 0 bridgehead atoms. The summed E-state index contributed by atoms with van der Waals surface area (Å²) in [6, 6.07) is 8.01. The molecule has 94 valence electrons. The number of anilines is 1. The second kappa shape index (κ2) is 4.49. The summed E-state index contributed by atoms with van der Waals surface area (Å²) in [6.07, 6.45) is 4.63. The van der Waals surface area contributed by atoms with E-state index in [1.807, 2.05) is 0 Å². The lowest BCUT2D eigenvalue weighted by Crippen LogP contribution is -2.04. The molecular weight excluding hydrogens is 245 g/mol. The van der Waals surface area contributed by atoms with Crippen molar-refractivity contribution >= 4 is 5.82 Å². The van der Waals surface area contributed by atoms with Gasteiger partial charge in [-0.3, -0.25) is 4.98 Å². The molecule has 5 nitrogen and oxygen atoms in total. The Morgan fingerprint density at radius 2 is 2.00 bits per heavy atom. The Bertz CT molecular complexity index is 708. The van der Waals surface area contributed by atoms with Crippen molar-refractivity contribution in [2.75, 3.05) is 5.73 Å². The van der Waals surface area contributed by atoms with Crippen LogP contribution in [0.2, 0.25) is 0 Å². The molecule has 0 spiro atoms. The summed E-state index contributed by atoms with van der Waals surface area (Å²) in [5, 5.41) is 4.26. The molecule has 3 rings (SSSR count). The number of nitrogens with zero attached hydrogens (tertiary/aromatic N) is 4. The second-order valence-corrected chi connectivity index (χ2v) is 3.91. The minimum atomic E-state index is -0.341. The molecule has 0 fully saturated rings. The topological polar surface area (TPSA) is 69.6 Å². The molecule has 6 heteroatoms. The molecule has 0 aliphatic heterocycles. The number of aromatic nitrogens is 4. The van der Waals surface area contributed by atoms with Gasteiger partial charge in [-0.1, -0.05) is 12.1 Å². The lowest BCUT2D eigenvalue weighted by molar-refractivity contribution is 0.630. The Morgan fingerprint density at radius 1 is 1.16 bits per heavy atom. The molecule has 0 aliphatic rings. The number of hydrogen-bond acceptors (Lipinski definition) is 4. The van der Waals surface area contributed by atoms with Crippen LogP contribution in [0.4, 0.5) is 10.2 Å². The predicted molar refractivity (Wildman–Crippen MR) is 69.0 cm³/mol. The van der Waals surface area contributed by atoms with Crippen LogP contribution < -0.4 is 5.73 Å². The van der Waals surface area contributed by atoms with E-state index in [0.717, 1.165) is 0 Å². The highest BCUT2D eigenvalue weighted by Crippen LogP contribution is 2.24. The van der Waals surface area contributed by atoms with Gasteiger partial charge in [-0.15, -0.1) is 0 Å². The number of rotatable bonds is 2. The van der Waals surface area contributed by atoms with Crippen LogP contribution in [0.15, 0.2) is 48.9 Å². The fourth-order valence-electron chi connectivity index (χ4n) is 1.78. The maximum absolute atomic E-state index is 13.7. The SMILES string of the molecule is Nc1cc(-c2ccccc2F)nn1-c1cnccn1. The van der Waals surface area contributed by atoms with E-state index in [0.29, 0.717) is 22.9 Å². The first kappa shape index (κ1) is 11.3. The number of benzene rings is 1. The van der Waals surface area contributed by atoms with Crippen molar-refractivity contribution in [1.29, 1.82) is 0 Å². The Hall–Kier alpha value is -2.76. The van der Waals surface area contributed by atoms with Gasteiger partial charge in [0.2, 0.25) is 0 Å². The van der Waals surface area contributed by atoms with E-state index in [2.05, 4.69) is 15.1 Å². The first-order valence-electron chi connectivity index (χ1n) is 5.62. The maximum atomic E-state index is 13.7. The summed E-state index contributed by atoms with van der Waals surface area (Å²) in [6.45, 7) is 0. The van der Waals surface area contributed by atoms with Crippen molar-refractivity contribution in [3.05, 3.63) is 54.7 Å². The third-order valence-corrected chi connectivity index (χ3v) is 2.65. The first-order chi connectivity index (χ1) is 9.25. The van der Waals surface area contributed by atoms with Gasteiger partial charge in [0, 0.05) is 24.0 Å². The molecule has 2 aromatic heterocycles. The van der Waals surface area contributed by atoms with Gasteiger partial charge in [0.05, 0.1) is 11.9 Å². The molecule has 1 aromatic carbocycles. The van der Waals surface area contributed by atoms with E-state index in [4.69, 9.17) is 5.73 Å². The number of nitrogen functional groups attached to an aromatic ring is 1. The smallest absolute Gasteiger partial charge is 0.174 e. The van der Waals surface area contributed by atoms with E-state index in [-0.39, 0.29) is 5.82 Å². The third-order valence-electron chi connectivity index (χ3n) is 2.65. The van der Waals surface area contributed by atoms with Gasteiger partial charge in [0.25, 0.3) is 0 Å². The maximum Gasteiger partial charge on any atom is 0.174 e. The van der Waals surface area contributed by atoms with Crippen LogP contribution in [-0.2, 0) is 0 Å². The molecule has 2 N–H and O–H groups in total. The number of halogens is 1. The van der Waals surface area contributed by atoms with Crippen molar-refractivity contribution in [1.82, 2.24) is 19.7 Å². The highest BCUT2D eigenvalue weighted by atomic mass is 19.1. The van der Waals surface area contributed by atoms with Gasteiger partial charge >= 0.3 is 0 Å². The first-order valence-corrected chi connectivity index (χ1v) is 5.62. The Labute approximate surface area is 108 Å². The lowest BCUT2D eigenvalue weighted by Gasteiger charge is -2.01. The summed E-state index contributed by atoms with van der Waals surface area (Å²) in [5.41, 5.74) is 6.73. The minimum Gasteiger partial charge on any atom is -0.384 e. The monoisotopic (exact) mass is 255 g/mol. The van der Waals surface area contributed by atoms with E-state index >= 15 is 0 Å². The number of nitrogens with two attached hydrogens (primary N) is 1. The van der Waals surface area contributed by atoms with Crippen molar-refractivity contribution in [2.24, 2.45) is 0 Å². The summed E-state index contributed by atoms with van der Waals surface area (Å²) in [5.74, 6) is 0.521. The van der Waals surface area contributed by atoms with E-state index in [1.165, 1.54) is 16.9 Å². The van der Waals surface area contributed by atoms with Gasteiger partial charge in [-0.05, 0) is 12.1 Å². The number of hydrogen-bond donors (Lipinski definition) is 1. The van der Waals surface area contributed by atoms with Crippen molar-refractivity contribution in [2.45, 2.75) is 0 Å². The van der Waals surface area contributed by atoms with Crippen molar-refractivity contribution in [3.8, 4) is 17.1 Å². The van der Waals surface area contributed by atoms with Gasteiger partial charge in [0.15, 0.2) is 5.82 Å². The van der Waals surface area contributed by atoms with E-state index in [9.17, 15) is 4.39 Å². The fourth-order valence-corrected chi connectivity index (χ4v) is 1.78. The van der Waals surface area contributed by atoms with Crippen LogP contribution in [0.25, 0.3) is 17.1 Å². The lowest BCUT2D eigenvalue weighted by atomic mass is 10.1. The molecule has 0 atom stereocenters. The van der Waals surface area contributed by atoms with Crippen LogP contribution in [0.1, 0.15) is 0 Å². The standard InChI is InChI=1S/C13H10FN5/c14-10-4-2-1-3-9(10)11-7-12(15)19(18-11)13-8-16-5-6-17-13/h1-8H,15H2. The Balaban J connectivity index is 2.10. The molecule has 0 radical (unpaired) electrons. The zero-order valence-corrected chi connectivity index (χ0v) is 9.86. The highest BCUT2D eigenvalue weighted by Gasteiger charge is 2.12. The van der Waals surface area contributed by atoms with Crippen molar-refractivity contribution < 1.29 is 4.39 Å². The molecule has 2 heterocycles. The van der Waals surface area contributed by atoms with Crippen LogP contribution in [-0.4, -0.2) is 19.7 Å². The van der Waals surface area contributed by atoms with Crippen LogP contribution >= 0.6 is 0 Å². The van der Waals surface area contributed by atoms with Gasteiger partial charge in [-0.25, -0.2) is 9.37 Å². The zero-order chi connectivity index (χ0) is 13.2. The third kappa shape index (κ3) is 2.03. The van der Waals surface area contributed by atoms with Crippen molar-refractivity contribution in [3.63, 3.8) is 0 Å². The van der Waals surface area contributed by atoms with Gasteiger partial charge < -0.3 is 5.73 Å². The van der Waals surface area contributed by atoms with Gasteiger partial charge in [0.1, 0.15) is 11.6 Å². The van der Waals surface area contributed by atoms with Crippen LogP contribution in [0.5, 0.6) is 0 Å². The molecule has 0 unspecified atom stereocenters.